The van der Waals surface area contributed by atoms with Crippen LogP contribution >= 0.6 is 11.6 Å². The molecule has 1 N–H and O–H groups in total. The Morgan fingerprint density at radius 2 is 1.76 bits per heavy atom. The highest BCUT2D eigenvalue weighted by Crippen LogP contribution is 2.21. The van der Waals surface area contributed by atoms with Crippen LogP contribution in [0.25, 0.3) is 0 Å². The Morgan fingerprint density at radius 3 is 2.45 bits per heavy atom. The number of nitrogens with one attached hydrogen (secondary N) is 1. The molecule has 2 fully saturated rings. The quantitative estimate of drug-likeness (QED) is 0.683. The predicted octanol–water partition coefficient (Wildman–Crippen LogP) is 1.70. The molecule has 178 valence electrons. The molecule has 9 nitrogen and oxygen atoms in total. The summed E-state index contributed by atoms with van der Waals surface area (Å²) >= 11 is 5.95. The Bertz CT molecular complexity index is 1080. The van der Waals surface area contributed by atoms with E-state index < -0.39 is 10.0 Å². The van der Waals surface area contributed by atoms with Crippen LogP contribution in [0.2, 0.25) is 5.02 Å². The molecule has 11 heteroatoms. The van der Waals surface area contributed by atoms with Gasteiger partial charge < -0.3 is 20.0 Å². The van der Waals surface area contributed by atoms with Crippen molar-refractivity contribution >= 4 is 33.5 Å². The largest absolute Gasteiger partial charge is 0.354 e. The number of rotatable bonds is 5. The fraction of sp³-hybridized carbons (Fsp3) is 0.455. The van der Waals surface area contributed by atoms with E-state index in [1.54, 1.807) is 23.2 Å². The number of aromatic nitrogens is 1. The van der Waals surface area contributed by atoms with Gasteiger partial charge >= 0.3 is 6.03 Å². The van der Waals surface area contributed by atoms with Gasteiger partial charge in [0.15, 0.2) is 0 Å². The number of carbonyl (C=O) groups excluding carboxylic acids is 1. The van der Waals surface area contributed by atoms with Crippen molar-refractivity contribution in [1.82, 2.24) is 24.4 Å². The van der Waals surface area contributed by atoms with Gasteiger partial charge in [-0.2, -0.15) is 4.31 Å². The number of halogens is 1. The Morgan fingerprint density at radius 1 is 1.03 bits per heavy atom. The smallest absolute Gasteiger partial charge is 0.317 e. The van der Waals surface area contributed by atoms with Crippen molar-refractivity contribution in [1.29, 1.82) is 0 Å². The lowest BCUT2D eigenvalue weighted by Gasteiger charge is -2.35. The highest BCUT2D eigenvalue weighted by Gasteiger charge is 2.30. The van der Waals surface area contributed by atoms with Gasteiger partial charge in [0, 0.05) is 75.7 Å². The van der Waals surface area contributed by atoms with E-state index in [2.05, 4.69) is 27.1 Å². The third-order valence-corrected chi connectivity index (χ3v) is 8.19. The first kappa shape index (κ1) is 23.7. The molecule has 0 aliphatic carbocycles. The van der Waals surface area contributed by atoms with Crippen LogP contribution < -0.4 is 10.2 Å². The van der Waals surface area contributed by atoms with Crippen molar-refractivity contribution in [2.45, 2.75) is 11.4 Å². The number of carbonyl (C=O) groups is 1. The summed E-state index contributed by atoms with van der Waals surface area (Å²) in [6.07, 6.45) is 1.78. The van der Waals surface area contributed by atoms with E-state index >= 15 is 0 Å². The van der Waals surface area contributed by atoms with E-state index in [1.165, 1.54) is 16.4 Å². The van der Waals surface area contributed by atoms with Crippen LogP contribution in [0, 0.1) is 0 Å². The summed E-state index contributed by atoms with van der Waals surface area (Å²) < 4.78 is 27.1. The zero-order chi connectivity index (χ0) is 23.4. The van der Waals surface area contributed by atoms with Crippen LogP contribution in [0.3, 0.4) is 0 Å². The predicted molar refractivity (Wildman–Crippen MR) is 128 cm³/mol. The number of likely N-dealkylation sites (N-methyl/N-ethyl adjacent to an activating group) is 1. The summed E-state index contributed by atoms with van der Waals surface area (Å²) in [6, 6.07) is 9.89. The van der Waals surface area contributed by atoms with E-state index in [0.717, 1.165) is 37.6 Å². The molecule has 2 aliphatic rings. The van der Waals surface area contributed by atoms with Crippen molar-refractivity contribution in [3.63, 3.8) is 0 Å². The summed E-state index contributed by atoms with van der Waals surface area (Å²) in [7, 11) is -1.53. The van der Waals surface area contributed by atoms with Gasteiger partial charge in [-0.25, -0.2) is 18.2 Å². The standard InChI is InChI=1S/C22H29ClN6O3S/c1-26-8-10-27(11-9-26)21-18(4-3-7-24-21)17-25-22(30)28-12-14-29(15-13-28)33(31,32)20-6-2-5-19(23)16-20/h2-7,16H,8-15,17H2,1H3,(H,25,30). The van der Waals surface area contributed by atoms with Crippen molar-refractivity contribution in [3.05, 3.63) is 53.2 Å². The lowest BCUT2D eigenvalue weighted by molar-refractivity contribution is 0.172. The van der Waals surface area contributed by atoms with E-state index in [0.29, 0.717) is 24.7 Å². The van der Waals surface area contributed by atoms with Gasteiger partial charge in [-0.05, 0) is 31.3 Å². The molecule has 2 amide bonds. The molecule has 0 spiro atoms. The van der Waals surface area contributed by atoms with Crippen molar-refractivity contribution in [2.24, 2.45) is 0 Å². The number of sulfonamides is 1. The molecule has 33 heavy (non-hydrogen) atoms. The van der Waals surface area contributed by atoms with Crippen LogP contribution in [0.5, 0.6) is 0 Å². The minimum Gasteiger partial charge on any atom is -0.354 e. The second kappa shape index (κ2) is 10.3. The fourth-order valence-corrected chi connectivity index (χ4v) is 5.79. The minimum absolute atomic E-state index is 0.168. The maximum absolute atomic E-state index is 12.9. The average molecular weight is 493 g/mol. The molecule has 1 aromatic carbocycles. The molecule has 0 atom stereocenters. The Hall–Kier alpha value is -2.40. The number of nitrogens with zero attached hydrogens (tertiary/aromatic N) is 5. The topological polar surface area (TPSA) is 89.1 Å². The summed E-state index contributed by atoms with van der Waals surface area (Å²) in [4.78, 5) is 23.7. The second-order valence-electron chi connectivity index (χ2n) is 8.28. The van der Waals surface area contributed by atoms with Gasteiger partial charge in [0.2, 0.25) is 10.0 Å². The summed E-state index contributed by atoms with van der Waals surface area (Å²) in [5.74, 6) is 0.906. The molecule has 3 heterocycles. The average Bonchev–Trinajstić information content (AvgIpc) is 2.83. The molecule has 0 unspecified atom stereocenters. The fourth-order valence-electron chi connectivity index (χ4n) is 4.06. The van der Waals surface area contributed by atoms with E-state index in [-0.39, 0.29) is 24.0 Å². The molecular formula is C22H29ClN6O3S. The number of hydrogen-bond acceptors (Lipinski definition) is 6. The van der Waals surface area contributed by atoms with Gasteiger partial charge in [0.05, 0.1) is 4.90 Å². The SMILES string of the molecule is CN1CCN(c2ncccc2CNC(=O)N2CCN(S(=O)(=O)c3cccc(Cl)c3)CC2)CC1. The zero-order valence-corrected chi connectivity index (χ0v) is 20.2. The highest BCUT2D eigenvalue weighted by molar-refractivity contribution is 7.89. The molecule has 0 saturated carbocycles. The van der Waals surface area contributed by atoms with Crippen molar-refractivity contribution < 1.29 is 13.2 Å². The monoisotopic (exact) mass is 492 g/mol. The minimum atomic E-state index is -3.64. The first-order valence-electron chi connectivity index (χ1n) is 11.0. The summed E-state index contributed by atoms with van der Waals surface area (Å²) in [5, 5.41) is 3.35. The summed E-state index contributed by atoms with van der Waals surface area (Å²) in [6.45, 7) is 5.25. The van der Waals surface area contributed by atoms with Gasteiger partial charge in [0.25, 0.3) is 0 Å². The molecular weight excluding hydrogens is 464 g/mol. The third-order valence-electron chi connectivity index (χ3n) is 6.06. The molecule has 0 radical (unpaired) electrons. The second-order valence-corrected chi connectivity index (χ2v) is 10.7. The Kier molecular flexibility index (Phi) is 7.38. The van der Waals surface area contributed by atoms with E-state index in [1.807, 2.05) is 12.1 Å². The van der Waals surface area contributed by atoms with Crippen LogP contribution in [0.15, 0.2) is 47.5 Å². The first-order valence-corrected chi connectivity index (χ1v) is 12.8. The molecule has 2 saturated heterocycles. The maximum Gasteiger partial charge on any atom is 0.317 e. The van der Waals surface area contributed by atoms with Gasteiger partial charge in [-0.1, -0.05) is 23.7 Å². The lowest BCUT2D eigenvalue weighted by atomic mass is 10.2. The zero-order valence-electron chi connectivity index (χ0n) is 18.7. The number of amides is 2. The molecule has 2 aromatic rings. The van der Waals surface area contributed by atoms with Gasteiger partial charge in [0.1, 0.15) is 5.82 Å². The number of hydrogen-bond donors (Lipinski definition) is 1. The number of anilines is 1. The van der Waals surface area contributed by atoms with E-state index in [4.69, 9.17) is 11.6 Å². The Balaban J connectivity index is 1.32. The number of benzene rings is 1. The van der Waals surface area contributed by atoms with Crippen LogP contribution in [-0.2, 0) is 16.6 Å². The van der Waals surface area contributed by atoms with Crippen LogP contribution in [0.1, 0.15) is 5.56 Å². The first-order chi connectivity index (χ1) is 15.8. The Labute approximate surface area is 200 Å². The maximum atomic E-state index is 12.9. The number of urea groups is 1. The summed E-state index contributed by atoms with van der Waals surface area (Å²) in [5.41, 5.74) is 0.970. The molecule has 2 aliphatic heterocycles. The third kappa shape index (κ3) is 5.57. The van der Waals surface area contributed by atoms with Gasteiger partial charge in [-0.3, -0.25) is 0 Å². The van der Waals surface area contributed by atoms with Crippen molar-refractivity contribution in [3.8, 4) is 0 Å². The lowest BCUT2D eigenvalue weighted by Crippen LogP contribution is -2.53. The number of pyridine rings is 1. The van der Waals surface area contributed by atoms with Crippen LogP contribution in [0.4, 0.5) is 10.6 Å². The van der Waals surface area contributed by atoms with E-state index in [9.17, 15) is 13.2 Å². The number of piperazine rings is 2. The normalized spacial score (nSPS) is 18.4. The van der Waals surface area contributed by atoms with Crippen LogP contribution in [-0.4, -0.2) is 92.9 Å². The highest BCUT2D eigenvalue weighted by atomic mass is 35.5. The molecule has 0 bridgehead atoms. The van der Waals surface area contributed by atoms with Gasteiger partial charge in [-0.15, -0.1) is 0 Å². The molecule has 1 aromatic heterocycles. The van der Waals surface area contributed by atoms with Crippen molar-refractivity contribution in [2.75, 3.05) is 64.3 Å². The molecule has 4 rings (SSSR count).